The van der Waals surface area contributed by atoms with Crippen LogP contribution in [0.2, 0.25) is 0 Å². The fourth-order valence-corrected chi connectivity index (χ4v) is 3.87. The highest BCUT2D eigenvalue weighted by Gasteiger charge is 2.18. The molecule has 0 spiro atoms. The van der Waals surface area contributed by atoms with E-state index in [4.69, 9.17) is 4.74 Å². The van der Waals surface area contributed by atoms with E-state index in [1.54, 1.807) is 37.3 Å². The van der Waals surface area contributed by atoms with Crippen LogP contribution in [0.4, 0.5) is 5.69 Å². The van der Waals surface area contributed by atoms with Gasteiger partial charge in [-0.15, -0.1) is 0 Å². The number of nitrogens with one attached hydrogen (secondary N) is 2. The van der Waals surface area contributed by atoms with Gasteiger partial charge in [0, 0.05) is 17.3 Å². The van der Waals surface area contributed by atoms with Gasteiger partial charge in [-0.3, -0.25) is 9.52 Å². The Hall–Kier alpha value is -3.32. The molecule has 0 heterocycles. The molecule has 1 amide bonds. The number of rotatable bonds is 7. The van der Waals surface area contributed by atoms with Gasteiger partial charge in [0.05, 0.1) is 4.90 Å². The van der Waals surface area contributed by atoms with E-state index in [0.717, 1.165) is 0 Å². The van der Waals surface area contributed by atoms with E-state index in [1.165, 1.54) is 12.1 Å². The minimum absolute atomic E-state index is 0.0200. The summed E-state index contributed by atoms with van der Waals surface area (Å²) in [6.45, 7) is 5.46. The normalized spacial score (nSPS) is 11.2. The van der Waals surface area contributed by atoms with E-state index in [0.29, 0.717) is 28.3 Å². The zero-order valence-electron chi connectivity index (χ0n) is 17.0. The number of aryl methyl sites for hydroxylation is 1. The number of hydrogen-bond acceptors (Lipinski definition) is 4. The van der Waals surface area contributed by atoms with Gasteiger partial charge in [-0.2, -0.15) is 0 Å². The summed E-state index contributed by atoms with van der Waals surface area (Å²) in [5.41, 5.74) is 1.43. The quantitative estimate of drug-likeness (QED) is 0.574. The first-order valence-electron chi connectivity index (χ1n) is 9.52. The number of anilines is 1. The van der Waals surface area contributed by atoms with E-state index >= 15 is 0 Å². The van der Waals surface area contributed by atoms with Crippen LogP contribution in [-0.4, -0.2) is 20.4 Å². The molecule has 156 valence electrons. The maximum absolute atomic E-state index is 12.8. The molecule has 30 heavy (non-hydrogen) atoms. The highest BCUT2D eigenvalue weighted by Crippen LogP contribution is 2.24. The van der Waals surface area contributed by atoms with E-state index < -0.39 is 10.0 Å². The molecule has 0 aliphatic heterocycles. The van der Waals surface area contributed by atoms with Crippen molar-refractivity contribution < 1.29 is 17.9 Å². The van der Waals surface area contributed by atoms with Crippen LogP contribution in [0, 0.1) is 6.92 Å². The average molecular weight is 425 g/mol. The van der Waals surface area contributed by atoms with Crippen molar-refractivity contribution in [2.75, 3.05) is 4.72 Å². The zero-order valence-corrected chi connectivity index (χ0v) is 17.9. The number of para-hydroxylation sites is 1. The van der Waals surface area contributed by atoms with Crippen molar-refractivity contribution in [3.05, 3.63) is 83.9 Å². The Balaban J connectivity index is 1.77. The lowest BCUT2D eigenvalue weighted by Gasteiger charge is -2.13. The largest absolute Gasteiger partial charge is 0.457 e. The smallest absolute Gasteiger partial charge is 0.261 e. The lowest BCUT2D eigenvalue weighted by molar-refractivity contribution is 0.0942. The summed E-state index contributed by atoms with van der Waals surface area (Å²) in [5.74, 6) is 0.979. The van der Waals surface area contributed by atoms with Crippen molar-refractivity contribution in [1.82, 2.24) is 5.32 Å². The van der Waals surface area contributed by atoms with Crippen molar-refractivity contribution in [2.45, 2.75) is 31.7 Å². The Morgan fingerprint density at radius 2 is 1.53 bits per heavy atom. The Labute approximate surface area is 177 Å². The Bertz CT molecular complexity index is 1130. The van der Waals surface area contributed by atoms with Gasteiger partial charge in [-0.1, -0.05) is 24.3 Å². The van der Waals surface area contributed by atoms with Gasteiger partial charge in [0.2, 0.25) is 0 Å². The van der Waals surface area contributed by atoms with E-state index in [9.17, 15) is 13.2 Å². The molecule has 0 atom stereocenters. The van der Waals surface area contributed by atoms with E-state index in [-0.39, 0.29) is 16.8 Å². The minimum atomic E-state index is -3.86. The van der Waals surface area contributed by atoms with Crippen molar-refractivity contribution in [3.8, 4) is 11.5 Å². The second-order valence-electron chi connectivity index (χ2n) is 7.15. The van der Waals surface area contributed by atoms with E-state index in [1.807, 2.05) is 44.2 Å². The summed E-state index contributed by atoms with van der Waals surface area (Å²) in [4.78, 5) is 12.4. The molecule has 0 bridgehead atoms. The maximum atomic E-state index is 12.8. The van der Waals surface area contributed by atoms with Gasteiger partial charge < -0.3 is 10.1 Å². The number of sulfonamides is 1. The molecule has 0 saturated carbocycles. The number of benzene rings is 3. The second kappa shape index (κ2) is 9.00. The van der Waals surface area contributed by atoms with Gasteiger partial charge in [-0.25, -0.2) is 8.42 Å². The lowest BCUT2D eigenvalue weighted by atomic mass is 10.1. The Morgan fingerprint density at radius 3 is 2.17 bits per heavy atom. The van der Waals surface area contributed by atoms with Crippen molar-refractivity contribution in [3.63, 3.8) is 0 Å². The predicted molar refractivity (Wildman–Crippen MR) is 118 cm³/mol. The van der Waals surface area contributed by atoms with Crippen LogP contribution in [0.15, 0.2) is 77.7 Å². The van der Waals surface area contributed by atoms with Crippen molar-refractivity contribution in [2.24, 2.45) is 0 Å². The highest BCUT2D eigenvalue weighted by atomic mass is 32.2. The first-order chi connectivity index (χ1) is 14.2. The molecule has 3 rings (SSSR count). The third kappa shape index (κ3) is 5.39. The number of amides is 1. The van der Waals surface area contributed by atoms with E-state index in [2.05, 4.69) is 10.0 Å². The molecule has 7 heteroatoms. The van der Waals surface area contributed by atoms with Crippen LogP contribution in [0.25, 0.3) is 0 Å². The molecule has 3 aromatic rings. The third-order valence-corrected chi connectivity index (χ3v) is 5.65. The van der Waals surface area contributed by atoms with Crippen molar-refractivity contribution >= 4 is 21.6 Å². The molecule has 0 aliphatic carbocycles. The molecule has 0 aliphatic rings. The molecule has 0 aromatic heterocycles. The molecular formula is C23H24N2O4S. The van der Waals surface area contributed by atoms with Crippen LogP contribution in [0.5, 0.6) is 11.5 Å². The van der Waals surface area contributed by atoms with Gasteiger partial charge in [-0.05, 0) is 74.9 Å². The summed E-state index contributed by atoms with van der Waals surface area (Å²) in [6, 6.07) is 20.4. The SMILES string of the molecule is Cc1ccc(S(=O)(=O)Nc2ccc(Oc3ccccc3)cc2)cc1C(=O)NC(C)C. The third-order valence-electron chi connectivity index (χ3n) is 4.27. The Kier molecular flexibility index (Phi) is 6.42. The second-order valence-corrected chi connectivity index (χ2v) is 8.83. The standard InChI is InChI=1S/C23H24N2O4S/c1-16(2)24-23(26)22-15-21(14-9-17(22)3)30(27,28)25-18-10-12-20(13-11-18)29-19-7-5-4-6-8-19/h4-16,25H,1-3H3,(H,24,26). The lowest BCUT2D eigenvalue weighted by Crippen LogP contribution is -2.30. The molecule has 0 unspecified atom stereocenters. The van der Waals surface area contributed by atoms with Crippen LogP contribution >= 0.6 is 0 Å². The zero-order chi connectivity index (χ0) is 21.7. The summed E-state index contributed by atoms with van der Waals surface area (Å²) in [6.07, 6.45) is 0. The van der Waals surface area contributed by atoms with Crippen LogP contribution in [0.1, 0.15) is 29.8 Å². The maximum Gasteiger partial charge on any atom is 0.261 e. The van der Waals surface area contributed by atoms with Crippen LogP contribution in [0.3, 0.4) is 0 Å². The minimum Gasteiger partial charge on any atom is -0.457 e. The first-order valence-corrected chi connectivity index (χ1v) is 11.0. The number of carbonyl (C=O) groups is 1. The fraction of sp³-hybridized carbons (Fsp3) is 0.174. The predicted octanol–water partition coefficient (Wildman–Crippen LogP) is 4.73. The van der Waals surface area contributed by atoms with Gasteiger partial charge in [0.25, 0.3) is 15.9 Å². The molecule has 6 nitrogen and oxygen atoms in total. The average Bonchev–Trinajstić information content (AvgIpc) is 2.69. The number of hydrogen-bond donors (Lipinski definition) is 2. The van der Waals surface area contributed by atoms with Crippen molar-refractivity contribution in [1.29, 1.82) is 0 Å². The molecule has 3 aromatic carbocycles. The Morgan fingerprint density at radius 1 is 0.900 bits per heavy atom. The number of ether oxygens (including phenoxy) is 1. The van der Waals surface area contributed by atoms with Gasteiger partial charge in [0.15, 0.2) is 0 Å². The van der Waals surface area contributed by atoms with Crippen LogP contribution < -0.4 is 14.8 Å². The molecule has 2 N–H and O–H groups in total. The molecule has 0 radical (unpaired) electrons. The summed E-state index contributed by atoms with van der Waals surface area (Å²) < 4.78 is 33.9. The highest BCUT2D eigenvalue weighted by molar-refractivity contribution is 7.92. The fourth-order valence-electron chi connectivity index (χ4n) is 2.78. The van der Waals surface area contributed by atoms with Crippen LogP contribution in [-0.2, 0) is 10.0 Å². The topological polar surface area (TPSA) is 84.5 Å². The monoisotopic (exact) mass is 424 g/mol. The summed E-state index contributed by atoms with van der Waals surface area (Å²) in [7, 11) is -3.86. The summed E-state index contributed by atoms with van der Waals surface area (Å²) in [5, 5.41) is 2.79. The molecule has 0 fully saturated rings. The molecular weight excluding hydrogens is 400 g/mol. The van der Waals surface area contributed by atoms with Gasteiger partial charge in [0.1, 0.15) is 11.5 Å². The first kappa shape index (κ1) is 21.4. The van der Waals surface area contributed by atoms with Gasteiger partial charge >= 0.3 is 0 Å². The summed E-state index contributed by atoms with van der Waals surface area (Å²) >= 11 is 0. The number of carbonyl (C=O) groups excluding carboxylic acids is 1. The molecule has 0 saturated heterocycles.